The standard InChI is InChI=1S/C21H26N2O4S/c1-14(2)22-28(25,26)17-10-8-16(9-11-17)21(24)23-13-5-6-18-15(3)7-12-19(27-4)20(18)23/h7-12,14,22H,5-6,13H2,1-4H3. The SMILES string of the molecule is COc1ccc(C)c2c1N(C(=O)c1ccc(S(=O)(=O)NC(C)C)cc1)CCC2. The van der Waals surface area contributed by atoms with Crippen LogP contribution in [0.5, 0.6) is 5.75 Å². The molecule has 1 aliphatic rings. The van der Waals surface area contributed by atoms with Crippen LogP contribution in [-0.2, 0) is 16.4 Å². The number of anilines is 1. The van der Waals surface area contributed by atoms with Crippen molar-refractivity contribution in [3.8, 4) is 5.75 Å². The average Bonchev–Trinajstić information content (AvgIpc) is 2.67. The Kier molecular flexibility index (Phi) is 5.76. The number of sulfonamides is 1. The molecule has 0 atom stereocenters. The average molecular weight is 403 g/mol. The van der Waals surface area contributed by atoms with Crippen LogP contribution in [0.3, 0.4) is 0 Å². The number of benzene rings is 2. The molecule has 0 aliphatic carbocycles. The molecule has 1 amide bonds. The largest absolute Gasteiger partial charge is 0.495 e. The zero-order valence-electron chi connectivity index (χ0n) is 16.7. The Hall–Kier alpha value is -2.38. The fourth-order valence-electron chi connectivity index (χ4n) is 3.53. The third kappa shape index (κ3) is 3.91. The van der Waals surface area contributed by atoms with Crippen molar-refractivity contribution in [3.63, 3.8) is 0 Å². The molecule has 0 unspecified atom stereocenters. The molecule has 2 aromatic carbocycles. The van der Waals surface area contributed by atoms with E-state index < -0.39 is 10.0 Å². The Labute approximate surface area is 166 Å². The van der Waals surface area contributed by atoms with Crippen molar-refractivity contribution < 1.29 is 17.9 Å². The molecule has 1 aliphatic heterocycles. The fourth-order valence-corrected chi connectivity index (χ4v) is 4.78. The van der Waals surface area contributed by atoms with Gasteiger partial charge in [0, 0.05) is 18.2 Å². The van der Waals surface area contributed by atoms with E-state index in [1.165, 1.54) is 12.1 Å². The number of nitrogens with one attached hydrogen (secondary N) is 1. The number of rotatable bonds is 5. The molecule has 0 fully saturated rings. The van der Waals surface area contributed by atoms with Crippen molar-refractivity contribution in [3.05, 3.63) is 53.1 Å². The molecule has 6 nitrogen and oxygen atoms in total. The number of aryl methyl sites for hydroxylation is 1. The van der Waals surface area contributed by atoms with E-state index in [0.717, 1.165) is 29.7 Å². The van der Waals surface area contributed by atoms with Gasteiger partial charge in [0.25, 0.3) is 5.91 Å². The van der Waals surface area contributed by atoms with Gasteiger partial charge >= 0.3 is 0 Å². The molecular weight excluding hydrogens is 376 g/mol. The van der Waals surface area contributed by atoms with E-state index in [1.807, 2.05) is 19.1 Å². The highest BCUT2D eigenvalue weighted by atomic mass is 32.2. The summed E-state index contributed by atoms with van der Waals surface area (Å²) in [6.45, 7) is 6.16. The number of hydrogen-bond donors (Lipinski definition) is 1. The number of carbonyl (C=O) groups excluding carboxylic acids is 1. The lowest BCUT2D eigenvalue weighted by molar-refractivity contribution is 0.0984. The second-order valence-electron chi connectivity index (χ2n) is 7.27. The van der Waals surface area contributed by atoms with Crippen LogP contribution in [-0.4, -0.2) is 34.0 Å². The summed E-state index contributed by atoms with van der Waals surface area (Å²) in [6.07, 6.45) is 1.78. The lowest BCUT2D eigenvalue weighted by atomic mass is 9.95. The van der Waals surface area contributed by atoms with Crippen LogP contribution in [0.15, 0.2) is 41.3 Å². The first kappa shape index (κ1) is 20.4. The topological polar surface area (TPSA) is 75.7 Å². The Morgan fingerprint density at radius 1 is 1.14 bits per heavy atom. The summed E-state index contributed by atoms with van der Waals surface area (Å²) in [7, 11) is -1.99. The molecule has 150 valence electrons. The molecule has 0 saturated carbocycles. The molecule has 0 bridgehead atoms. The number of nitrogens with zero attached hydrogens (tertiary/aromatic N) is 1. The summed E-state index contributed by atoms with van der Waals surface area (Å²) in [6, 6.07) is 9.75. The first-order valence-corrected chi connectivity index (χ1v) is 10.8. The lowest BCUT2D eigenvalue weighted by Gasteiger charge is -2.32. The van der Waals surface area contributed by atoms with Crippen molar-refractivity contribution in [1.29, 1.82) is 0 Å². The number of amides is 1. The summed E-state index contributed by atoms with van der Waals surface area (Å²) in [5, 5.41) is 0. The smallest absolute Gasteiger partial charge is 0.258 e. The molecule has 3 rings (SSSR count). The van der Waals surface area contributed by atoms with Gasteiger partial charge in [-0.25, -0.2) is 13.1 Å². The number of carbonyl (C=O) groups is 1. The van der Waals surface area contributed by atoms with Gasteiger partial charge in [0.05, 0.1) is 17.7 Å². The van der Waals surface area contributed by atoms with Crippen LogP contribution in [0.1, 0.15) is 41.8 Å². The van der Waals surface area contributed by atoms with Crippen LogP contribution in [0.25, 0.3) is 0 Å². The van der Waals surface area contributed by atoms with Gasteiger partial charge < -0.3 is 9.64 Å². The molecule has 0 aromatic heterocycles. The molecule has 2 aromatic rings. The second kappa shape index (κ2) is 7.93. The maximum absolute atomic E-state index is 13.2. The summed E-state index contributed by atoms with van der Waals surface area (Å²) in [5.41, 5.74) is 3.52. The van der Waals surface area contributed by atoms with E-state index in [1.54, 1.807) is 38.0 Å². The van der Waals surface area contributed by atoms with Gasteiger partial charge in [-0.15, -0.1) is 0 Å². The highest BCUT2D eigenvalue weighted by molar-refractivity contribution is 7.89. The van der Waals surface area contributed by atoms with Crippen molar-refractivity contribution in [2.45, 2.75) is 44.6 Å². The van der Waals surface area contributed by atoms with Crippen LogP contribution < -0.4 is 14.4 Å². The maximum atomic E-state index is 13.2. The Morgan fingerprint density at radius 2 is 1.82 bits per heavy atom. The fraction of sp³-hybridized carbons (Fsp3) is 0.381. The van der Waals surface area contributed by atoms with Gasteiger partial charge in [-0.05, 0) is 75.1 Å². The third-order valence-electron chi connectivity index (χ3n) is 4.83. The van der Waals surface area contributed by atoms with Crippen molar-refractivity contribution in [2.24, 2.45) is 0 Å². The van der Waals surface area contributed by atoms with Crippen LogP contribution in [0, 0.1) is 6.92 Å². The molecule has 7 heteroatoms. The Bertz CT molecular complexity index is 982. The predicted molar refractivity (Wildman–Crippen MR) is 110 cm³/mol. The number of fused-ring (bicyclic) bond motifs is 1. The molecule has 1 heterocycles. The zero-order chi connectivity index (χ0) is 20.5. The van der Waals surface area contributed by atoms with Gasteiger partial charge in [-0.3, -0.25) is 4.79 Å². The van der Waals surface area contributed by atoms with Gasteiger partial charge in [0.2, 0.25) is 10.0 Å². The molecule has 1 N–H and O–H groups in total. The molecule has 0 radical (unpaired) electrons. The highest BCUT2D eigenvalue weighted by Gasteiger charge is 2.28. The van der Waals surface area contributed by atoms with Crippen LogP contribution in [0.4, 0.5) is 5.69 Å². The van der Waals surface area contributed by atoms with E-state index in [0.29, 0.717) is 17.9 Å². The van der Waals surface area contributed by atoms with Crippen molar-refractivity contribution in [2.75, 3.05) is 18.6 Å². The first-order valence-electron chi connectivity index (χ1n) is 9.35. The van der Waals surface area contributed by atoms with E-state index in [-0.39, 0.29) is 16.8 Å². The quantitative estimate of drug-likeness (QED) is 0.833. The lowest BCUT2D eigenvalue weighted by Crippen LogP contribution is -2.36. The minimum atomic E-state index is -3.59. The summed E-state index contributed by atoms with van der Waals surface area (Å²) < 4.78 is 32.6. The monoisotopic (exact) mass is 402 g/mol. The molecule has 0 saturated heterocycles. The van der Waals surface area contributed by atoms with Gasteiger partial charge in [0.1, 0.15) is 5.75 Å². The third-order valence-corrected chi connectivity index (χ3v) is 6.50. The van der Waals surface area contributed by atoms with E-state index >= 15 is 0 Å². The Balaban J connectivity index is 1.94. The summed E-state index contributed by atoms with van der Waals surface area (Å²) in [5.74, 6) is 0.514. The van der Waals surface area contributed by atoms with Gasteiger partial charge in [-0.1, -0.05) is 6.07 Å². The number of methoxy groups -OCH3 is 1. The zero-order valence-corrected chi connectivity index (χ0v) is 17.5. The van der Waals surface area contributed by atoms with E-state index in [2.05, 4.69) is 4.72 Å². The van der Waals surface area contributed by atoms with Crippen LogP contribution in [0.2, 0.25) is 0 Å². The van der Waals surface area contributed by atoms with Crippen LogP contribution >= 0.6 is 0 Å². The van der Waals surface area contributed by atoms with Gasteiger partial charge in [-0.2, -0.15) is 0 Å². The number of ether oxygens (including phenoxy) is 1. The summed E-state index contributed by atoms with van der Waals surface area (Å²) in [4.78, 5) is 15.1. The number of hydrogen-bond acceptors (Lipinski definition) is 4. The predicted octanol–water partition coefficient (Wildman–Crippen LogP) is 3.28. The van der Waals surface area contributed by atoms with Crippen molar-refractivity contribution >= 4 is 21.6 Å². The highest BCUT2D eigenvalue weighted by Crippen LogP contribution is 2.38. The normalized spacial score (nSPS) is 14.1. The second-order valence-corrected chi connectivity index (χ2v) is 8.99. The minimum Gasteiger partial charge on any atom is -0.495 e. The Morgan fingerprint density at radius 3 is 2.43 bits per heavy atom. The van der Waals surface area contributed by atoms with E-state index in [4.69, 9.17) is 4.74 Å². The maximum Gasteiger partial charge on any atom is 0.258 e. The molecular formula is C21H26N2O4S. The van der Waals surface area contributed by atoms with E-state index in [9.17, 15) is 13.2 Å². The van der Waals surface area contributed by atoms with Gasteiger partial charge in [0.15, 0.2) is 0 Å². The molecule has 0 spiro atoms. The van der Waals surface area contributed by atoms with Crippen molar-refractivity contribution in [1.82, 2.24) is 4.72 Å². The minimum absolute atomic E-state index is 0.144. The molecule has 28 heavy (non-hydrogen) atoms. The first-order chi connectivity index (χ1) is 13.2. The summed E-state index contributed by atoms with van der Waals surface area (Å²) >= 11 is 0.